The lowest BCUT2D eigenvalue weighted by atomic mass is 10.0. The molecule has 0 spiro atoms. The van der Waals surface area contributed by atoms with E-state index in [2.05, 4.69) is 15.2 Å². The van der Waals surface area contributed by atoms with Gasteiger partial charge in [0, 0.05) is 39.4 Å². The summed E-state index contributed by atoms with van der Waals surface area (Å²) in [5, 5.41) is 5.01. The summed E-state index contributed by atoms with van der Waals surface area (Å²) < 4.78 is 0. The van der Waals surface area contributed by atoms with Gasteiger partial charge in [-0.1, -0.05) is 6.07 Å². The highest BCUT2D eigenvalue weighted by atomic mass is 32.1. The van der Waals surface area contributed by atoms with E-state index in [1.165, 1.54) is 11.3 Å². The highest BCUT2D eigenvalue weighted by Crippen LogP contribution is 2.19. The summed E-state index contributed by atoms with van der Waals surface area (Å²) in [6.45, 7) is 1.67. The molecule has 3 rings (SSSR count). The topological polar surface area (TPSA) is 65.5 Å². The largest absolute Gasteiger partial charge is 0.356 e. The van der Waals surface area contributed by atoms with Gasteiger partial charge in [0.05, 0.1) is 10.4 Å². The third kappa shape index (κ3) is 4.17. The average Bonchev–Trinajstić information content (AvgIpc) is 3.17. The van der Waals surface area contributed by atoms with Crippen LogP contribution in [0.15, 0.2) is 35.8 Å². The van der Waals surface area contributed by atoms with Crippen molar-refractivity contribution in [2.24, 2.45) is 0 Å². The number of amides is 2. The van der Waals surface area contributed by atoms with Crippen LogP contribution in [0.2, 0.25) is 0 Å². The summed E-state index contributed by atoms with van der Waals surface area (Å²) in [5.74, 6) is 0.838. The number of hydrogen-bond donors (Lipinski definition) is 1. The van der Waals surface area contributed by atoms with Crippen LogP contribution in [-0.2, 0) is 0 Å². The van der Waals surface area contributed by atoms with Crippen LogP contribution in [0.1, 0.15) is 32.9 Å². The maximum absolute atomic E-state index is 12.1. The molecule has 0 aromatic carbocycles. The number of thiophene rings is 1. The zero-order chi connectivity index (χ0) is 17.8. The molecule has 1 N–H and O–H groups in total. The molecule has 1 saturated heterocycles. The summed E-state index contributed by atoms with van der Waals surface area (Å²) in [6, 6.07) is 7.63. The minimum absolute atomic E-state index is 0.0122. The van der Waals surface area contributed by atoms with Gasteiger partial charge in [0.25, 0.3) is 11.8 Å². The molecule has 0 bridgehead atoms. The Labute approximate surface area is 151 Å². The molecule has 25 heavy (non-hydrogen) atoms. The van der Waals surface area contributed by atoms with Gasteiger partial charge >= 0.3 is 0 Å². The van der Waals surface area contributed by atoms with Crippen molar-refractivity contribution in [3.63, 3.8) is 0 Å². The van der Waals surface area contributed by atoms with E-state index in [-0.39, 0.29) is 17.9 Å². The van der Waals surface area contributed by atoms with Gasteiger partial charge in [0.1, 0.15) is 5.82 Å². The van der Waals surface area contributed by atoms with Crippen LogP contribution >= 0.6 is 11.3 Å². The van der Waals surface area contributed by atoms with Gasteiger partial charge in [0.2, 0.25) is 0 Å². The maximum atomic E-state index is 12.1. The Morgan fingerprint density at radius 1 is 1.24 bits per heavy atom. The predicted octanol–water partition coefficient (Wildman–Crippen LogP) is 2.24. The van der Waals surface area contributed by atoms with E-state index < -0.39 is 0 Å². The monoisotopic (exact) mass is 358 g/mol. The highest BCUT2D eigenvalue weighted by molar-refractivity contribution is 7.12. The molecule has 1 aliphatic rings. The van der Waals surface area contributed by atoms with E-state index in [4.69, 9.17) is 0 Å². The second-order valence-electron chi connectivity index (χ2n) is 6.32. The molecular weight excluding hydrogens is 336 g/mol. The molecule has 2 aromatic rings. The standard InChI is InChI=1S/C18H22N4O2S/c1-21(2)18(24)13-5-6-16(19-12-13)22-9-7-14(8-10-22)20-17(23)15-4-3-11-25-15/h3-6,11-12,14H,7-10H2,1-2H3,(H,20,23). The first-order chi connectivity index (χ1) is 12.0. The average molecular weight is 358 g/mol. The Hall–Kier alpha value is -2.41. The molecule has 6 nitrogen and oxygen atoms in total. The lowest BCUT2D eigenvalue weighted by Gasteiger charge is -2.33. The minimum atomic E-state index is -0.0472. The highest BCUT2D eigenvalue weighted by Gasteiger charge is 2.22. The minimum Gasteiger partial charge on any atom is -0.356 e. The number of nitrogens with zero attached hydrogens (tertiary/aromatic N) is 3. The van der Waals surface area contributed by atoms with Gasteiger partial charge in [-0.3, -0.25) is 9.59 Å². The maximum Gasteiger partial charge on any atom is 0.261 e. The first-order valence-electron chi connectivity index (χ1n) is 8.31. The Morgan fingerprint density at radius 3 is 2.56 bits per heavy atom. The van der Waals surface area contributed by atoms with Crippen molar-refractivity contribution in [1.29, 1.82) is 0 Å². The SMILES string of the molecule is CN(C)C(=O)c1ccc(N2CCC(NC(=O)c3cccs3)CC2)nc1. The zero-order valence-corrected chi connectivity index (χ0v) is 15.3. The van der Waals surface area contributed by atoms with Gasteiger partial charge in [-0.2, -0.15) is 0 Å². The van der Waals surface area contributed by atoms with Crippen LogP contribution in [0, 0.1) is 0 Å². The van der Waals surface area contributed by atoms with E-state index in [1.54, 1.807) is 25.2 Å². The molecule has 7 heteroatoms. The third-order valence-electron chi connectivity index (χ3n) is 4.30. The van der Waals surface area contributed by atoms with Crippen molar-refractivity contribution in [3.8, 4) is 0 Å². The molecule has 0 unspecified atom stereocenters. The predicted molar refractivity (Wildman–Crippen MR) is 99.3 cm³/mol. The summed E-state index contributed by atoms with van der Waals surface area (Å²) >= 11 is 1.46. The van der Waals surface area contributed by atoms with Crippen LogP contribution in [0.25, 0.3) is 0 Å². The summed E-state index contributed by atoms with van der Waals surface area (Å²) in [7, 11) is 3.46. The second-order valence-corrected chi connectivity index (χ2v) is 7.26. The van der Waals surface area contributed by atoms with Gasteiger partial charge in [-0.15, -0.1) is 11.3 Å². The van der Waals surface area contributed by atoms with Gasteiger partial charge in [0.15, 0.2) is 0 Å². The molecule has 0 atom stereocenters. The van der Waals surface area contributed by atoms with Crippen LogP contribution in [0.4, 0.5) is 5.82 Å². The van der Waals surface area contributed by atoms with E-state index in [1.807, 2.05) is 29.6 Å². The van der Waals surface area contributed by atoms with Crippen molar-refractivity contribution in [1.82, 2.24) is 15.2 Å². The number of hydrogen-bond acceptors (Lipinski definition) is 5. The Balaban J connectivity index is 1.53. The number of rotatable bonds is 4. The number of nitrogens with one attached hydrogen (secondary N) is 1. The molecule has 3 heterocycles. The van der Waals surface area contributed by atoms with Crippen molar-refractivity contribution >= 4 is 29.0 Å². The molecule has 0 radical (unpaired) electrons. The van der Waals surface area contributed by atoms with E-state index in [9.17, 15) is 9.59 Å². The number of carbonyl (C=O) groups excluding carboxylic acids is 2. The number of pyridine rings is 1. The molecule has 0 saturated carbocycles. The third-order valence-corrected chi connectivity index (χ3v) is 5.17. The first-order valence-corrected chi connectivity index (χ1v) is 9.19. The Kier molecular flexibility index (Phi) is 5.33. The van der Waals surface area contributed by atoms with E-state index in [0.29, 0.717) is 5.56 Å². The fourth-order valence-electron chi connectivity index (χ4n) is 2.88. The lowest BCUT2D eigenvalue weighted by Crippen LogP contribution is -2.44. The zero-order valence-electron chi connectivity index (χ0n) is 14.4. The fraction of sp³-hybridized carbons (Fsp3) is 0.389. The van der Waals surface area contributed by atoms with Gasteiger partial charge < -0.3 is 15.1 Å². The smallest absolute Gasteiger partial charge is 0.261 e. The molecule has 132 valence electrons. The van der Waals surface area contributed by atoms with E-state index in [0.717, 1.165) is 36.6 Å². The van der Waals surface area contributed by atoms with Crippen molar-refractivity contribution in [2.75, 3.05) is 32.1 Å². The van der Waals surface area contributed by atoms with Crippen molar-refractivity contribution < 1.29 is 9.59 Å². The first kappa shape index (κ1) is 17.4. The number of aromatic nitrogens is 1. The fourth-order valence-corrected chi connectivity index (χ4v) is 3.50. The normalized spacial score (nSPS) is 15.0. The van der Waals surface area contributed by atoms with Crippen LogP contribution < -0.4 is 10.2 Å². The molecule has 0 aliphatic carbocycles. The van der Waals surface area contributed by atoms with E-state index >= 15 is 0 Å². The Morgan fingerprint density at radius 2 is 2.00 bits per heavy atom. The van der Waals surface area contributed by atoms with Crippen molar-refractivity contribution in [3.05, 3.63) is 46.3 Å². The van der Waals surface area contributed by atoms with Gasteiger partial charge in [-0.25, -0.2) is 4.98 Å². The number of carbonyl (C=O) groups is 2. The summed E-state index contributed by atoms with van der Waals surface area (Å²) in [5.41, 5.74) is 0.590. The van der Waals surface area contributed by atoms with Crippen LogP contribution in [0.5, 0.6) is 0 Å². The van der Waals surface area contributed by atoms with Crippen LogP contribution in [-0.4, -0.2) is 54.9 Å². The molecular formula is C18H22N4O2S. The molecule has 1 fully saturated rings. The molecule has 1 aliphatic heterocycles. The summed E-state index contributed by atoms with van der Waals surface area (Å²) in [6.07, 6.45) is 3.40. The molecule has 2 aromatic heterocycles. The number of anilines is 1. The Bertz CT molecular complexity index is 720. The van der Waals surface area contributed by atoms with Gasteiger partial charge in [-0.05, 0) is 36.4 Å². The van der Waals surface area contributed by atoms with Crippen molar-refractivity contribution in [2.45, 2.75) is 18.9 Å². The second kappa shape index (κ2) is 7.65. The lowest BCUT2D eigenvalue weighted by molar-refractivity contribution is 0.0826. The summed E-state index contributed by atoms with van der Waals surface area (Å²) in [4.78, 5) is 32.9. The quantitative estimate of drug-likeness (QED) is 0.910. The number of piperidine rings is 1. The molecule has 2 amide bonds. The van der Waals surface area contributed by atoms with Crippen LogP contribution in [0.3, 0.4) is 0 Å².